The van der Waals surface area contributed by atoms with E-state index in [0.717, 1.165) is 16.9 Å². The third kappa shape index (κ3) is 6.26. The largest absolute Gasteiger partial charge is 0.493 e. The van der Waals surface area contributed by atoms with Gasteiger partial charge in [0.2, 0.25) is 0 Å². The number of methoxy groups -OCH3 is 1. The maximum absolute atomic E-state index is 13.9. The number of benzene rings is 3. The highest BCUT2D eigenvalue weighted by atomic mass is 32.1. The molecule has 0 fully saturated rings. The van der Waals surface area contributed by atoms with Crippen LogP contribution in [0.25, 0.3) is 6.08 Å². The van der Waals surface area contributed by atoms with Crippen LogP contribution in [0.1, 0.15) is 43.5 Å². The molecule has 0 saturated carbocycles. The molecule has 5 rings (SSSR count). The van der Waals surface area contributed by atoms with Gasteiger partial charge in [-0.3, -0.25) is 19.5 Å². The van der Waals surface area contributed by atoms with Crippen LogP contribution in [-0.4, -0.2) is 28.7 Å². The van der Waals surface area contributed by atoms with Gasteiger partial charge >= 0.3 is 5.97 Å². The molecule has 1 unspecified atom stereocenters. The van der Waals surface area contributed by atoms with E-state index in [1.165, 1.54) is 23.8 Å². The van der Waals surface area contributed by atoms with Gasteiger partial charge in [-0.25, -0.2) is 9.79 Å². The summed E-state index contributed by atoms with van der Waals surface area (Å²) in [6, 6.07) is 20.1. The molecule has 2 heterocycles. The number of aromatic nitrogens is 1. The lowest BCUT2D eigenvalue weighted by Gasteiger charge is -2.26. The van der Waals surface area contributed by atoms with Gasteiger partial charge in [0.05, 0.1) is 40.0 Å². The number of carbonyl (C=O) groups is 1. The molecule has 4 aromatic rings. The zero-order valence-corrected chi connectivity index (χ0v) is 24.8. The number of rotatable bonds is 9. The topological polar surface area (TPSA) is 122 Å². The molecule has 0 N–H and O–H groups in total. The summed E-state index contributed by atoms with van der Waals surface area (Å²) in [5, 5.41) is 11.3. The van der Waals surface area contributed by atoms with Gasteiger partial charge in [-0.1, -0.05) is 59.9 Å². The lowest BCUT2D eigenvalue weighted by molar-refractivity contribution is -0.384. The fourth-order valence-corrected chi connectivity index (χ4v) is 5.81. The van der Waals surface area contributed by atoms with Gasteiger partial charge in [0.25, 0.3) is 11.2 Å². The number of hydrogen-bond donors (Lipinski definition) is 0. The number of nitro groups is 1. The van der Waals surface area contributed by atoms with Gasteiger partial charge < -0.3 is 14.2 Å². The van der Waals surface area contributed by atoms with Crippen molar-refractivity contribution in [2.45, 2.75) is 39.5 Å². The van der Waals surface area contributed by atoms with E-state index in [4.69, 9.17) is 14.2 Å². The molecular weight excluding hydrogens is 570 g/mol. The molecule has 0 saturated heterocycles. The SMILES string of the molecule is COc1cc(C2C(C(=O)OC(C)C)=C(C)N=c3sc(=Cc4cccc([N+](=O)[O-])c4)c(=O)n32)ccc1OCc1ccccc1. The zero-order valence-electron chi connectivity index (χ0n) is 24.0. The smallest absolute Gasteiger partial charge is 0.338 e. The van der Waals surface area contributed by atoms with E-state index in [2.05, 4.69) is 4.99 Å². The van der Waals surface area contributed by atoms with Crippen molar-refractivity contribution in [3.05, 3.63) is 131 Å². The molecule has 10 nitrogen and oxygen atoms in total. The second kappa shape index (κ2) is 12.5. The predicted octanol–water partition coefficient (Wildman–Crippen LogP) is 4.68. The first kappa shape index (κ1) is 29.5. The van der Waals surface area contributed by atoms with E-state index in [0.29, 0.717) is 44.3 Å². The van der Waals surface area contributed by atoms with Crippen molar-refractivity contribution in [2.75, 3.05) is 7.11 Å². The van der Waals surface area contributed by atoms with E-state index in [-0.39, 0.29) is 11.3 Å². The predicted molar refractivity (Wildman–Crippen MR) is 162 cm³/mol. The summed E-state index contributed by atoms with van der Waals surface area (Å²) in [5.41, 5.74) is 2.23. The molecule has 1 atom stereocenters. The Labute approximate surface area is 251 Å². The highest BCUT2D eigenvalue weighted by molar-refractivity contribution is 7.07. The van der Waals surface area contributed by atoms with E-state index in [9.17, 15) is 19.7 Å². The molecule has 43 heavy (non-hydrogen) atoms. The molecule has 1 aliphatic heterocycles. The van der Waals surface area contributed by atoms with Gasteiger partial charge in [-0.05, 0) is 55.7 Å². The van der Waals surface area contributed by atoms with Crippen molar-refractivity contribution >= 4 is 29.1 Å². The molecule has 3 aromatic carbocycles. The first-order valence-electron chi connectivity index (χ1n) is 13.5. The molecule has 0 radical (unpaired) electrons. The monoisotopic (exact) mass is 599 g/mol. The molecule has 1 aliphatic rings. The van der Waals surface area contributed by atoms with Crippen LogP contribution in [0.5, 0.6) is 11.5 Å². The second-order valence-corrected chi connectivity index (χ2v) is 11.1. The molecule has 0 bridgehead atoms. The average Bonchev–Trinajstić information content (AvgIpc) is 3.29. The lowest BCUT2D eigenvalue weighted by atomic mass is 9.95. The minimum Gasteiger partial charge on any atom is -0.493 e. The second-order valence-electron chi connectivity index (χ2n) is 10.1. The van der Waals surface area contributed by atoms with Crippen LogP contribution >= 0.6 is 11.3 Å². The maximum atomic E-state index is 13.9. The third-order valence-electron chi connectivity index (χ3n) is 6.70. The van der Waals surface area contributed by atoms with Crippen LogP contribution < -0.4 is 24.4 Å². The van der Waals surface area contributed by atoms with Crippen LogP contribution in [0.2, 0.25) is 0 Å². The Morgan fingerprint density at radius 2 is 1.86 bits per heavy atom. The van der Waals surface area contributed by atoms with E-state index >= 15 is 0 Å². The van der Waals surface area contributed by atoms with Crippen molar-refractivity contribution in [3.63, 3.8) is 0 Å². The van der Waals surface area contributed by atoms with Crippen molar-refractivity contribution in [3.8, 4) is 11.5 Å². The third-order valence-corrected chi connectivity index (χ3v) is 7.69. The van der Waals surface area contributed by atoms with Crippen LogP contribution in [-0.2, 0) is 16.1 Å². The number of carbonyl (C=O) groups excluding carboxylic acids is 1. The number of nitrogens with zero attached hydrogens (tertiary/aromatic N) is 3. The number of thiazole rings is 1. The number of ether oxygens (including phenoxy) is 3. The highest BCUT2D eigenvalue weighted by Gasteiger charge is 2.34. The van der Waals surface area contributed by atoms with Crippen LogP contribution in [0.3, 0.4) is 0 Å². The Kier molecular flexibility index (Phi) is 8.53. The molecule has 1 aromatic heterocycles. The first-order chi connectivity index (χ1) is 20.7. The van der Waals surface area contributed by atoms with Crippen LogP contribution in [0, 0.1) is 10.1 Å². The number of hydrogen-bond acceptors (Lipinski definition) is 9. The fourth-order valence-electron chi connectivity index (χ4n) is 4.76. The van der Waals surface area contributed by atoms with Crippen molar-refractivity contribution < 1.29 is 23.9 Å². The minimum atomic E-state index is -0.869. The highest BCUT2D eigenvalue weighted by Crippen LogP contribution is 2.36. The van der Waals surface area contributed by atoms with Crippen LogP contribution in [0.15, 0.2) is 93.9 Å². The summed E-state index contributed by atoms with van der Waals surface area (Å²) in [5.74, 6) is 0.344. The Morgan fingerprint density at radius 1 is 1.09 bits per heavy atom. The van der Waals surface area contributed by atoms with Gasteiger partial charge in [0.1, 0.15) is 6.61 Å². The quantitative estimate of drug-likeness (QED) is 0.156. The summed E-state index contributed by atoms with van der Waals surface area (Å²) in [7, 11) is 1.52. The Morgan fingerprint density at radius 3 is 2.56 bits per heavy atom. The lowest BCUT2D eigenvalue weighted by Crippen LogP contribution is -2.40. The Balaban J connectivity index is 1.63. The van der Waals surface area contributed by atoms with E-state index < -0.39 is 28.6 Å². The summed E-state index contributed by atoms with van der Waals surface area (Å²) in [6.07, 6.45) is 1.19. The average molecular weight is 600 g/mol. The molecule has 11 heteroatoms. The maximum Gasteiger partial charge on any atom is 0.338 e. The van der Waals surface area contributed by atoms with Crippen molar-refractivity contribution in [1.82, 2.24) is 4.57 Å². The normalized spacial score (nSPS) is 14.7. The molecule has 0 spiro atoms. The minimum absolute atomic E-state index is 0.0874. The van der Waals surface area contributed by atoms with Gasteiger partial charge in [0, 0.05) is 12.1 Å². The summed E-state index contributed by atoms with van der Waals surface area (Å²) < 4.78 is 19.0. The van der Waals surface area contributed by atoms with Gasteiger partial charge in [-0.15, -0.1) is 0 Å². The Bertz CT molecular complexity index is 1910. The number of esters is 1. The van der Waals surface area contributed by atoms with Crippen molar-refractivity contribution in [2.24, 2.45) is 4.99 Å². The molecule has 220 valence electrons. The number of non-ortho nitro benzene ring substituents is 1. The van der Waals surface area contributed by atoms with Crippen LogP contribution in [0.4, 0.5) is 5.69 Å². The first-order valence-corrected chi connectivity index (χ1v) is 14.3. The summed E-state index contributed by atoms with van der Waals surface area (Å²) in [6.45, 7) is 5.53. The number of nitro benzene ring substituents is 1. The Hall–Kier alpha value is -5.03. The molecule has 0 amide bonds. The standard InChI is InChI=1S/C32H29N3O7S/c1-19(2)42-31(37)28-20(3)33-32-34(30(36)27(43-32)16-22-11-8-12-24(15-22)35(38)39)29(28)23-13-14-25(26(17-23)40-4)41-18-21-9-6-5-7-10-21/h5-17,19,29H,18H2,1-4H3. The fraction of sp³-hybridized carbons (Fsp3) is 0.219. The van der Waals surface area contributed by atoms with E-state index in [1.54, 1.807) is 57.2 Å². The number of allylic oxidation sites excluding steroid dienone is 1. The van der Waals surface area contributed by atoms with Crippen molar-refractivity contribution in [1.29, 1.82) is 0 Å². The zero-order chi connectivity index (χ0) is 30.7. The van der Waals surface area contributed by atoms with E-state index in [1.807, 2.05) is 30.3 Å². The van der Waals surface area contributed by atoms with Gasteiger partial charge in [0.15, 0.2) is 16.3 Å². The summed E-state index contributed by atoms with van der Waals surface area (Å²) >= 11 is 1.14. The molecule has 0 aliphatic carbocycles. The summed E-state index contributed by atoms with van der Waals surface area (Å²) in [4.78, 5) is 43.1. The van der Waals surface area contributed by atoms with Gasteiger partial charge in [-0.2, -0.15) is 0 Å². The molecular formula is C32H29N3O7S. The number of fused-ring (bicyclic) bond motifs is 1.